The zero-order chi connectivity index (χ0) is 11.6. The summed E-state index contributed by atoms with van der Waals surface area (Å²) in [6.45, 7) is 0.445. The van der Waals surface area contributed by atoms with E-state index in [4.69, 9.17) is 17.3 Å². The molecule has 1 aliphatic carbocycles. The molecule has 4 heteroatoms. The topological polar surface area (TPSA) is 43.1 Å². The van der Waals surface area contributed by atoms with Gasteiger partial charge in [0.25, 0.3) is 0 Å². The van der Waals surface area contributed by atoms with Gasteiger partial charge in [-0.05, 0) is 24.3 Å². The number of nitrogens with two attached hydrogens (primary N) is 1. The van der Waals surface area contributed by atoms with Crippen LogP contribution in [0.1, 0.15) is 41.8 Å². The molecule has 1 aromatic rings. The molecular weight excluding hydrogens is 242 g/mol. The summed E-state index contributed by atoms with van der Waals surface area (Å²) in [7, 11) is 0. The third kappa shape index (κ3) is 2.04. The van der Waals surface area contributed by atoms with E-state index >= 15 is 0 Å². The Kier molecular flexibility index (Phi) is 3.67. The van der Waals surface area contributed by atoms with Gasteiger partial charge >= 0.3 is 0 Å². The molecule has 88 valence electrons. The van der Waals surface area contributed by atoms with Gasteiger partial charge in [0.05, 0.1) is 9.90 Å². The zero-order valence-corrected chi connectivity index (χ0v) is 10.7. The Labute approximate surface area is 105 Å². The van der Waals surface area contributed by atoms with Crippen LogP contribution in [0.25, 0.3) is 0 Å². The Morgan fingerprint density at radius 1 is 1.44 bits per heavy atom. The molecule has 0 aromatic carbocycles. The molecule has 0 saturated heterocycles. The van der Waals surface area contributed by atoms with Crippen LogP contribution in [0.2, 0.25) is 5.02 Å². The van der Waals surface area contributed by atoms with Crippen LogP contribution in [0.3, 0.4) is 0 Å². The molecule has 1 fully saturated rings. The molecule has 0 atom stereocenters. The predicted molar refractivity (Wildman–Crippen MR) is 68.2 cm³/mol. The van der Waals surface area contributed by atoms with Crippen molar-refractivity contribution in [2.24, 2.45) is 11.1 Å². The number of carbonyl (C=O) groups excluding carboxylic acids is 1. The van der Waals surface area contributed by atoms with Crippen molar-refractivity contribution in [2.75, 3.05) is 6.54 Å². The summed E-state index contributed by atoms with van der Waals surface area (Å²) >= 11 is 7.45. The summed E-state index contributed by atoms with van der Waals surface area (Å²) in [5.74, 6) is 0.162. The molecule has 1 aromatic heterocycles. The third-order valence-corrected chi connectivity index (χ3v) is 4.85. The molecule has 0 spiro atoms. The van der Waals surface area contributed by atoms with Crippen molar-refractivity contribution in [1.82, 2.24) is 0 Å². The molecule has 0 bridgehead atoms. The van der Waals surface area contributed by atoms with Crippen molar-refractivity contribution >= 4 is 28.7 Å². The van der Waals surface area contributed by atoms with E-state index in [0.29, 0.717) is 16.4 Å². The molecule has 2 rings (SSSR count). The largest absolute Gasteiger partial charge is 0.329 e. The number of hydrogen-bond donors (Lipinski definition) is 1. The van der Waals surface area contributed by atoms with E-state index in [1.165, 1.54) is 17.8 Å². The lowest BCUT2D eigenvalue weighted by molar-refractivity contribution is 0.0734. The Balaban J connectivity index is 2.28. The van der Waals surface area contributed by atoms with Crippen LogP contribution in [-0.4, -0.2) is 12.3 Å². The standard InChI is InChI=1S/C12H16ClNOS/c13-9-4-7-16-10(9)11(15)12(8-14)5-2-1-3-6-12/h4,7H,1-3,5-6,8,14H2. The number of Topliss-reactive ketones (excluding diaryl/α,β-unsaturated/α-hetero) is 1. The number of rotatable bonds is 3. The summed E-state index contributed by atoms with van der Waals surface area (Å²) in [5.41, 5.74) is 5.50. The summed E-state index contributed by atoms with van der Waals surface area (Å²) in [6, 6.07) is 1.78. The minimum Gasteiger partial charge on any atom is -0.329 e. The fraction of sp³-hybridized carbons (Fsp3) is 0.583. The molecule has 0 aliphatic heterocycles. The zero-order valence-electron chi connectivity index (χ0n) is 9.17. The summed E-state index contributed by atoms with van der Waals surface area (Å²) in [4.78, 5) is 13.2. The van der Waals surface area contributed by atoms with Crippen molar-refractivity contribution in [1.29, 1.82) is 0 Å². The molecule has 0 radical (unpaired) electrons. The molecule has 0 unspecified atom stereocenters. The number of ketones is 1. The maximum atomic E-state index is 12.5. The lowest BCUT2D eigenvalue weighted by Gasteiger charge is -2.34. The van der Waals surface area contributed by atoms with Gasteiger partial charge in [-0.25, -0.2) is 0 Å². The van der Waals surface area contributed by atoms with E-state index in [-0.39, 0.29) is 11.2 Å². The monoisotopic (exact) mass is 257 g/mol. The van der Waals surface area contributed by atoms with Gasteiger partial charge in [-0.2, -0.15) is 0 Å². The molecule has 2 nitrogen and oxygen atoms in total. The second kappa shape index (κ2) is 4.86. The SMILES string of the molecule is NCC1(C(=O)c2sccc2Cl)CCCCC1. The van der Waals surface area contributed by atoms with Crippen LogP contribution in [0, 0.1) is 5.41 Å². The second-order valence-corrected chi connectivity index (χ2v) is 5.80. The average Bonchev–Trinajstić information content (AvgIpc) is 2.75. The Bertz CT molecular complexity index is 382. The van der Waals surface area contributed by atoms with Gasteiger partial charge < -0.3 is 5.73 Å². The smallest absolute Gasteiger partial charge is 0.181 e. The summed E-state index contributed by atoms with van der Waals surface area (Å²) in [6.07, 6.45) is 5.25. The molecule has 16 heavy (non-hydrogen) atoms. The normalized spacial score (nSPS) is 19.6. The first-order valence-corrected chi connectivity index (χ1v) is 6.93. The van der Waals surface area contributed by atoms with Crippen LogP contribution in [-0.2, 0) is 0 Å². The maximum Gasteiger partial charge on any atom is 0.181 e. The predicted octanol–water partition coefficient (Wildman–Crippen LogP) is 3.49. The second-order valence-electron chi connectivity index (χ2n) is 4.47. The molecule has 1 saturated carbocycles. The first-order valence-electron chi connectivity index (χ1n) is 5.67. The van der Waals surface area contributed by atoms with E-state index < -0.39 is 0 Å². The number of halogens is 1. The Morgan fingerprint density at radius 3 is 2.62 bits per heavy atom. The lowest BCUT2D eigenvalue weighted by atomic mass is 9.71. The van der Waals surface area contributed by atoms with Gasteiger partial charge in [-0.1, -0.05) is 30.9 Å². The van der Waals surface area contributed by atoms with E-state index in [1.54, 1.807) is 6.07 Å². The van der Waals surface area contributed by atoms with Gasteiger partial charge in [0.15, 0.2) is 5.78 Å². The quantitative estimate of drug-likeness (QED) is 0.843. The van der Waals surface area contributed by atoms with Gasteiger partial charge in [0.2, 0.25) is 0 Å². The molecular formula is C12H16ClNOS. The van der Waals surface area contributed by atoms with E-state index in [9.17, 15) is 4.79 Å². The van der Waals surface area contributed by atoms with E-state index in [2.05, 4.69) is 0 Å². The summed E-state index contributed by atoms with van der Waals surface area (Å²) < 4.78 is 0. The number of hydrogen-bond acceptors (Lipinski definition) is 3. The first-order chi connectivity index (χ1) is 7.69. The highest BCUT2D eigenvalue weighted by Crippen LogP contribution is 2.40. The van der Waals surface area contributed by atoms with Crippen molar-refractivity contribution in [3.05, 3.63) is 21.3 Å². The maximum absolute atomic E-state index is 12.5. The third-order valence-electron chi connectivity index (χ3n) is 3.51. The minimum atomic E-state index is -0.341. The minimum absolute atomic E-state index is 0.162. The Hall–Kier alpha value is -0.380. The number of carbonyl (C=O) groups is 1. The molecule has 0 amide bonds. The van der Waals surface area contributed by atoms with Gasteiger partial charge in [-0.15, -0.1) is 11.3 Å². The molecule has 1 aliphatic rings. The van der Waals surface area contributed by atoms with Crippen LogP contribution < -0.4 is 5.73 Å². The molecule has 2 N–H and O–H groups in total. The van der Waals surface area contributed by atoms with Crippen molar-refractivity contribution in [3.63, 3.8) is 0 Å². The average molecular weight is 258 g/mol. The van der Waals surface area contributed by atoms with E-state index in [1.807, 2.05) is 5.38 Å². The first kappa shape index (κ1) is 12.1. The molecule has 1 heterocycles. The highest BCUT2D eigenvalue weighted by molar-refractivity contribution is 7.12. The van der Waals surface area contributed by atoms with Crippen LogP contribution in [0.5, 0.6) is 0 Å². The Morgan fingerprint density at radius 2 is 2.12 bits per heavy atom. The fourth-order valence-electron chi connectivity index (χ4n) is 2.45. The van der Waals surface area contributed by atoms with Crippen molar-refractivity contribution in [2.45, 2.75) is 32.1 Å². The summed E-state index contributed by atoms with van der Waals surface area (Å²) in [5, 5.41) is 2.44. The van der Waals surface area contributed by atoms with Gasteiger partial charge in [-0.3, -0.25) is 4.79 Å². The fourth-order valence-corrected chi connectivity index (χ4v) is 3.65. The van der Waals surface area contributed by atoms with Gasteiger partial charge in [0.1, 0.15) is 0 Å². The van der Waals surface area contributed by atoms with Crippen molar-refractivity contribution in [3.8, 4) is 0 Å². The van der Waals surface area contributed by atoms with Gasteiger partial charge in [0, 0.05) is 12.0 Å². The number of thiophene rings is 1. The van der Waals surface area contributed by atoms with Crippen LogP contribution in [0.4, 0.5) is 0 Å². The highest BCUT2D eigenvalue weighted by Gasteiger charge is 2.39. The van der Waals surface area contributed by atoms with E-state index in [0.717, 1.165) is 25.7 Å². The lowest BCUT2D eigenvalue weighted by Crippen LogP contribution is -2.40. The van der Waals surface area contributed by atoms with Crippen molar-refractivity contribution < 1.29 is 4.79 Å². The van der Waals surface area contributed by atoms with Crippen LogP contribution >= 0.6 is 22.9 Å². The highest BCUT2D eigenvalue weighted by atomic mass is 35.5. The van der Waals surface area contributed by atoms with Crippen LogP contribution in [0.15, 0.2) is 11.4 Å².